The number of likely N-dealkylation sites (tertiary alicyclic amines) is 1. The maximum absolute atomic E-state index is 12.9. The Bertz CT molecular complexity index is 983. The number of anilines is 2. The van der Waals surface area contributed by atoms with Crippen LogP contribution in [0.1, 0.15) is 28.8 Å². The minimum absolute atomic E-state index is 0.00504. The summed E-state index contributed by atoms with van der Waals surface area (Å²) in [6.07, 6.45) is 2.91. The van der Waals surface area contributed by atoms with Gasteiger partial charge in [0, 0.05) is 36.1 Å². The van der Waals surface area contributed by atoms with Crippen molar-refractivity contribution < 1.29 is 19.1 Å². The van der Waals surface area contributed by atoms with Gasteiger partial charge < -0.3 is 30.8 Å². The predicted molar refractivity (Wildman–Crippen MR) is 113 cm³/mol. The molecule has 0 unspecified atom stereocenters. The van der Waals surface area contributed by atoms with E-state index in [0.29, 0.717) is 59.6 Å². The molecule has 156 valence electrons. The number of amides is 2. The highest BCUT2D eigenvalue weighted by molar-refractivity contribution is 5.99. The molecule has 2 aliphatic heterocycles. The molecule has 0 radical (unpaired) electrons. The highest BCUT2D eigenvalue weighted by Crippen LogP contribution is 2.29. The number of rotatable bonds is 5. The summed E-state index contributed by atoms with van der Waals surface area (Å²) >= 11 is 0. The summed E-state index contributed by atoms with van der Waals surface area (Å²) in [7, 11) is 0. The van der Waals surface area contributed by atoms with E-state index in [0.717, 1.165) is 12.8 Å². The van der Waals surface area contributed by atoms with Crippen molar-refractivity contribution in [3.05, 3.63) is 47.5 Å². The first kappa shape index (κ1) is 19.8. The Hall–Kier alpha value is -3.55. The third-order valence-corrected chi connectivity index (χ3v) is 5.46. The Morgan fingerprint density at radius 3 is 2.83 bits per heavy atom. The third-order valence-electron chi connectivity index (χ3n) is 5.46. The molecule has 8 heteroatoms. The number of nitrogens with one attached hydrogen (secondary N) is 2. The number of benzene rings is 2. The van der Waals surface area contributed by atoms with E-state index < -0.39 is 0 Å². The van der Waals surface area contributed by atoms with Crippen LogP contribution in [0.15, 0.2) is 36.4 Å². The van der Waals surface area contributed by atoms with Gasteiger partial charge in [0.15, 0.2) is 6.61 Å². The van der Waals surface area contributed by atoms with Crippen molar-refractivity contribution >= 4 is 29.4 Å². The van der Waals surface area contributed by atoms with Crippen molar-refractivity contribution in [2.75, 3.05) is 37.4 Å². The molecule has 0 saturated carbocycles. The monoisotopic (exact) mass is 408 g/mol. The van der Waals surface area contributed by atoms with Crippen LogP contribution in [0.4, 0.5) is 11.4 Å². The maximum atomic E-state index is 12.9. The lowest BCUT2D eigenvalue weighted by molar-refractivity contribution is -0.118. The quantitative estimate of drug-likeness (QED) is 0.519. The number of nitrogen functional groups attached to an aromatic ring is 1. The number of ether oxygens (including phenoxy) is 2. The normalized spacial score (nSPS) is 16.3. The topological polar surface area (TPSA) is 118 Å². The zero-order chi connectivity index (χ0) is 21.1. The molecule has 2 heterocycles. The van der Waals surface area contributed by atoms with Crippen molar-refractivity contribution in [1.29, 1.82) is 5.41 Å². The molecule has 2 amide bonds. The van der Waals surface area contributed by atoms with Crippen LogP contribution in [0.3, 0.4) is 0 Å². The molecule has 0 aromatic heterocycles. The van der Waals surface area contributed by atoms with Gasteiger partial charge in [0.25, 0.3) is 11.8 Å². The zero-order valence-electron chi connectivity index (χ0n) is 16.5. The van der Waals surface area contributed by atoms with E-state index >= 15 is 0 Å². The Balaban J connectivity index is 1.31. The van der Waals surface area contributed by atoms with Crippen LogP contribution in [0.5, 0.6) is 11.5 Å². The van der Waals surface area contributed by atoms with Gasteiger partial charge in [-0.3, -0.25) is 9.59 Å². The number of nitrogens with two attached hydrogens (primary N) is 1. The summed E-state index contributed by atoms with van der Waals surface area (Å²) in [4.78, 5) is 26.2. The van der Waals surface area contributed by atoms with Crippen LogP contribution in [0.25, 0.3) is 0 Å². The van der Waals surface area contributed by atoms with Gasteiger partial charge >= 0.3 is 0 Å². The molecular weight excluding hydrogens is 384 g/mol. The van der Waals surface area contributed by atoms with Crippen LogP contribution in [0, 0.1) is 11.3 Å². The van der Waals surface area contributed by atoms with Crippen LogP contribution in [-0.2, 0) is 4.79 Å². The second kappa shape index (κ2) is 8.44. The maximum Gasteiger partial charge on any atom is 0.262 e. The number of nitrogens with zero attached hydrogens (tertiary/aromatic N) is 1. The standard InChI is InChI=1S/C22H24N4O4/c23-11-16-9-17(2-3-18(16)24)29-12-14-5-7-26(8-6-14)22(28)15-1-4-20-19(10-15)25-21(27)13-30-20/h1-4,9-11,14,23H,5-8,12-13,24H2,(H,25,27). The fourth-order valence-electron chi connectivity index (χ4n) is 3.68. The largest absolute Gasteiger partial charge is 0.493 e. The highest BCUT2D eigenvalue weighted by atomic mass is 16.5. The smallest absolute Gasteiger partial charge is 0.262 e. The Kier molecular flexibility index (Phi) is 5.56. The number of fused-ring (bicyclic) bond motifs is 1. The minimum atomic E-state index is -0.221. The first-order chi connectivity index (χ1) is 14.5. The Morgan fingerprint density at radius 1 is 1.27 bits per heavy atom. The molecule has 4 N–H and O–H groups in total. The number of hydrogen-bond acceptors (Lipinski definition) is 6. The first-order valence-corrected chi connectivity index (χ1v) is 9.92. The van der Waals surface area contributed by atoms with Crippen molar-refractivity contribution in [1.82, 2.24) is 4.90 Å². The molecule has 2 aliphatic rings. The van der Waals surface area contributed by atoms with Gasteiger partial charge in [0.05, 0.1) is 12.3 Å². The van der Waals surface area contributed by atoms with E-state index in [1.54, 1.807) is 36.4 Å². The number of carbonyl (C=O) groups excluding carboxylic acids is 2. The molecule has 2 aromatic rings. The third kappa shape index (κ3) is 4.22. The van der Waals surface area contributed by atoms with E-state index in [4.69, 9.17) is 20.6 Å². The van der Waals surface area contributed by atoms with E-state index in [1.807, 2.05) is 4.90 Å². The SMILES string of the molecule is N=Cc1cc(OCC2CCN(C(=O)c3ccc4c(c3)NC(=O)CO4)CC2)ccc1N. The van der Waals surface area contributed by atoms with E-state index in [2.05, 4.69) is 5.32 Å². The van der Waals surface area contributed by atoms with Crippen LogP contribution >= 0.6 is 0 Å². The summed E-state index contributed by atoms with van der Waals surface area (Å²) in [6, 6.07) is 10.4. The van der Waals surface area contributed by atoms with Gasteiger partial charge in [-0.15, -0.1) is 0 Å². The Morgan fingerprint density at radius 2 is 2.07 bits per heavy atom. The van der Waals surface area contributed by atoms with Crippen LogP contribution in [-0.4, -0.2) is 49.2 Å². The molecule has 2 aromatic carbocycles. The van der Waals surface area contributed by atoms with Crippen LogP contribution < -0.4 is 20.5 Å². The summed E-state index contributed by atoms with van der Waals surface area (Å²) in [6.45, 7) is 1.86. The molecule has 0 aliphatic carbocycles. The van der Waals surface area contributed by atoms with Crippen molar-refractivity contribution in [3.63, 3.8) is 0 Å². The highest BCUT2D eigenvalue weighted by Gasteiger charge is 2.25. The molecule has 1 saturated heterocycles. The van der Waals surface area contributed by atoms with Gasteiger partial charge in [-0.1, -0.05) is 0 Å². The van der Waals surface area contributed by atoms with Crippen molar-refractivity contribution in [2.45, 2.75) is 12.8 Å². The van der Waals surface area contributed by atoms with Gasteiger partial charge in [0.1, 0.15) is 11.5 Å². The molecule has 0 spiro atoms. The number of hydrogen-bond donors (Lipinski definition) is 3. The summed E-state index contributed by atoms with van der Waals surface area (Å²) in [5.74, 6) is 1.36. The van der Waals surface area contributed by atoms with Gasteiger partial charge in [-0.25, -0.2) is 0 Å². The fourth-order valence-corrected chi connectivity index (χ4v) is 3.68. The number of piperidine rings is 1. The van der Waals surface area contributed by atoms with E-state index in [-0.39, 0.29) is 18.4 Å². The Labute approximate surface area is 174 Å². The lowest BCUT2D eigenvalue weighted by Gasteiger charge is -2.32. The minimum Gasteiger partial charge on any atom is -0.493 e. The summed E-state index contributed by atoms with van der Waals surface area (Å²) < 4.78 is 11.2. The molecule has 4 rings (SSSR count). The molecular formula is C22H24N4O4. The van der Waals surface area contributed by atoms with Gasteiger partial charge in [0.2, 0.25) is 0 Å². The lowest BCUT2D eigenvalue weighted by Crippen LogP contribution is -2.39. The number of carbonyl (C=O) groups is 2. The zero-order valence-corrected chi connectivity index (χ0v) is 16.5. The van der Waals surface area contributed by atoms with Gasteiger partial charge in [-0.05, 0) is 55.2 Å². The predicted octanol–water partition coefficient (Wildman–Crippen LogP) is 2.53. The van der Waals surface area contributed by atoms with Gasteiger partial charge in [-0.2, -0.15) is 0 Å². The second-order valence-corrected chi connectivity index (χ2v) is 7.53. The molecule has 1 fully saturated rings. The summed E-state index contributed by atoms with van der Waals surface area (Å²) in [5.41, 5.74) is 8.07. The molecule has 30 heavy (non-hydrogen) atoms. The molecule has 0 atom stereocenters. The average Bonchev–Trinajstić information content (AvgIpc) is 2.78. The van der Waals surface area contributed by atoms with E-state index in [1.165, 1.54) is 6.21 Å². The van der Waals surface area contributed by atoms with Crippen molar-refractivity contribution in [2.24, 2.45) is 5.92 Å². The lowest BCUT2D eigenvalue weighted by atomic mass is 9.97. The second-order valence-electron chi connectivity index (χ2n) is 7.53. The van der Waals surface area contributed by atoms with Crippen LogP contribution in [0.2, 0.25) is 0 Å². The molecule has 0 bridgehead atoms. The van der Waals surface area contributed by atoms with Crippen molar-refractivity contribution in [3.8, 4) is 11.5 Å². The summed E-state index contributed by atoms with van der Waals surface area (Å²) in [5, 5.41) is 10.1. The average molecular weight is 408 g/mol. The molecule has 8 nitrogen and oxygen atoms in total. The first-order valence-electron chi connectivity index (χ1n) is 9.92. The van der Waals surface area contributed by atoms with E-state index in [9.17, 15) is 9.59 Å². The fraction of sp³-hybridized carbons (Fsp3) is 0.318.